The van der Waals surface area contributed by atoms with E-state index in [0.717, 1.165) is 12.0 Å². The summed E-state index contributed by atoms with van der Waals surface area (Å²) in [6.07, 6.45) is 0.893. The monoisotopic (exact) mass is 286 g/mol. The molecule has 0 saturated heterocycles. The number of aromatic amines is 1. The Bertz CT molecular complexity index is 720. The number of ether oxygens (including phenoxy) is 1. The highest BCUT2D eigenvalue weighted by Gasteiger charge is 2.14. The number of benzene rings is 1. The Kier molecular flexibility index (Phi) is 4.42. The van der Waals surface area contributed by atoms with Crippen molar-refractivity contribution in [3.63, 3.8) is 0 Å². The molecule has 2 aromatic rings. The van der Waals surface area contributed by atoms with Gasteiger partial charge >= 0.3 is 0 Å². The van der Waals surface area contributed by atoms with Crippen molar-refractivity contribution < 1.29 is 9.53 Å². The Balaban J connectivity index is 2.53. The zero-order valence-electron chi connectivity index (χ0n) is 12.1. The molecular weight excluding hydrogens is 268 g/mol. The molecule has 0 spiro atoms. The average molecular weight is 286 g/mol. The van der Waals surface area contributed by atoms with Gasteiger partial charge in [-0.25, -0.2) is 0 Å². The van der Waals surface area contributed by atoms with Crippen LogP contribution in [0.15, 0.2) is 35.1 Å². The van der Waals surface area contributed by atoms with Gasteiger partial charge in [-0.15, -0.1) is 0 Å². The number of pyridine rings is 1. The molecule has 0 bridgehead atoms. The van der Waals surface area contributed by atoms with Crippen molar-refractivity contribution in [1.29, 1.82) is 0 Å². The normalized spacial score (nSPS) is 10.4. The standard InChI is InChI=1S/C16H18N2O3/c1-3-8-21-13-7-5-4-6-11(13)12-9-10(2)14(15(17)19)16(20)18-12/h4-7,9H,3,8H2,1-2H3,(H2,17,19)(H,18,20). The van der Waals surface area contributed by atoms with E-state index in [9.17, 15) is 9.59 Å². The molecular formula is C16H18N2O3. The fourth-order valence-corrected chi connectivity index (χ4v) is 2.17. The lowest BCUT2D eigenvalue weighted by Crippen LogP contribution is -2.25. The number of aryl methyl sites for hydroxylation is 1. The minimum atomic E-state index is -0.726. The molecule has 0 aliphatic carbocycles. The Morgan fingerprint density at radius 1 is 1.33 bits per heavy atom. The van der Waals surface area contributed by atoms with Crippen LogP contribution >= 0.6 is 0 Å². The van der Waals surface area contributed by atoms with Gasteiger partial charge in [0.15, 0.2) is 0 Å². The first-order valence-corrected chi connectivity index (χ1v) is 6.80. The fourth-order valence-electron chi connectivity index (χ4n) is 2.17. The van der Waals surface area contributed by atoms with Gasteiger partial charge in [-0.3, -0.25) is 9.59 Å². The molecule has 5 nitrogen and oxygen atoms in total. The van der Waals surface area contributed by atoms with Crippen molar-refractivity contribution in [2.75, 3.05) is 6.61 Å². The summed E-state index contributed by atoms with van der Waals surface area (Å²) in [7, 11) is 0. The number of hydrogen-bond donors (Lipinski definition) is 2. The molecule has 110 valence electrons. The third-order valence-electron chi connectivity index (χ3n) is 3.12. The molecule has 3 N–H and O–H groups in total. The van der Waals surface area contributed by atoms with E-state index in [2.05, 4.69) is 4.98 Å². The van der Waals surface area contributed by atoms with Gasteiger partial charge in [0, 0.05) is 5.56 Å². The molecule has 0 saturated carbocycles. The summed E-state index contributed by atoms with van der Waals surface area (Å²) in [5.41, 5.74) is 6.66. The van der Waals surface area contributed by atoms with Crippen molar-refractivity contribution >= 4 is 5.91 Å². The van der Waals surface area contributed by atoms with Crippen LogP contribution in [0.4, 0.5) is 0 Å². The van der Waals surface area contributed by atoms with E-state index in [1.165, 1.54) is 0 Å². The maximum absolute atomic E-state index is 12.0. The van der Waals surface area contributed by atoms with E-state index in [4.69, 9.17) is 10.5 Å². The van der Waals surface area contributed by atoms with Gasteiger partial charge in [-0.05, 0) is 37.1 Å². The predicted molar refractivity (Wildman–Crippen MR) is 81.5 cm³/mol. The number of aromatic nitrogens is 1. The topological polar surface area (TPSA) is 85.2 Å². The summed E-state index contributed by atoms with van der Waals surface area (Å²) in [6, 6.07) is 9.18. The molecule has 2 rings (SSSR count). The number of primary amides is 1. The van der Waals surface area contributed by atoms with Crippen LogP contribution in [0.3, 0.4) is 0 Å². The fraction of sp³-hybridized carbons (Fsp3) is 0.250. The van der Waals surface area contributed by atoms with Crippen LogP contribution in [0.1, 0.15) is 29.3 Å². The van der Waals surface area contributed by atoms with Crippen LogP contribution in [-0.2, 0) is 0 Å². The summed E-state index contributed by atoms with van der Waals surface area (Å²) >= 11 is 0. The molecule has 5 heteroatoms. The predicted octanol–water partition coefficient (Wildman–Crippen LogP) is 2.24. The third kappa shape index (κ3) is 3.13. The van der Waals surface area contributed by atoms with Crippen LogP contribution in [0, 0.1) is 6.92 Å². The molecule has 0 aliphatic heterocycles. The van der Waals surface area contributed by atoms with E-state index in [1.54, 1.807) is 13.0 Å². The number of rotatable bonds is 5. The van der Waals surface area contributed by atoms with Crippen molar-refractivity contribution in [2.45, 2.75) is 20.3 Å². The number of nitrogens with two attached hydrogens (primary N) is 1. The number of nitrogens with one attached hydrogen (secondary N) is 1. The molecule has 1 aromatic carbocycles. The van der Waals surface area contributed by atoms with Crippen molar-refractivity contribution in [3.05, 3.63) is 51.8 Å². The largest absolute Gasteiger partial charge is 0.493 e. The van der Waals surface area contributed by atoms with Crippen LogP contribution in [0.2, 0.25) is 0 Å². The zero-order chi connectivity index (χ0) is 15.4. The minimum absolute atomic E-state index is 0.00860. The van der Waals surface area contributed by atoms with Gasteiger partial charge in [0.05, 0.1) is 12.3 Å². The number of H-pyrrole nitrogens is 1. The highest BCUT2D eigenvalue weighted by Crippen LogP contribution is 2.28. The maximum atomic E-state index is 12.0. The lowest BCUT2D eigenvalue weighted by atomic mass is 10.0. The first-order valence-electron chi connectivity index (χ1n) is 6.80. The molecule has 0 fully saturated rings. The first-order chi connectivity index (χ1) is 10.0. The second-order valence-electron chi connectivity index (χ2n) is 4.78. The van der Waals surface area contributed by atoms with Crippen molar-refractivity contribution in [3.8, 4) is 17.0 Å². The molecule has 1 amide bonds. The quantitative estimate of drug-likeness (QED) is 0.884. The lowest BCUT2D eigenvalue weighted by Gasteiger charge is -2.12. The van der Waals surface area contributed by atoms with E-state index >= 15 is 0 Å². The zero-order valence-corrected chi connectivity index (χ0v) is 12.1. The highest BCUT2D eigenvalue weighted by atomic mass is 16.5. The Morgan fingerprint density at radius 3 is 2.67 bits per heavy atom. The second kappa shape index (κ2) is 6.26. The van der Waals surface area contributed by atoms with Gasteiger partial charge in [0.2, 0.25) is 0 Å². The Hall–Kier alpha value is -2.56. The van der Waals surface area contributed by atoms with E-state index in [0.29, 0.717) is 23.6 Å². The van der Waals surface area contributed by atoms with Crippen LogP contribution in [0.25, 0.3) is 11.3 Å². The molecule has 0 atom stereocenters. The van der Waals surface area contributed by atoms with E-state index in [1.807, 2.05) is 31.2 Å². The summed E-state index contributed by atoms with van der Waals surface area (Å²) in [4.78, 5) is 26.0. The van der Waals surface area contributed by atoms with Crippen molar-refractivity contribution in [1.82, 2.24) is 4.98 Å². The Labute approximate surface area is 122 Å². The third-order valence-corrected chi connectivity index (χ3v) is 3.12. The number of para-hydroxylation sites is 1. The SMILES string of the molecule is CCCOc1ccccc1-c1cc(C)c(C(N)=O)c(=O)[nH]1. The van der Waals surface area contributed by atoms with E-state index < -0.39 is 11.5 Å². The average Bonchev–Trinajstić information content (AvgIpc) is 2.44. The van der Waals surface area contributed by atoms with Crippen LogP contribution in [-0.4, -0.2) is 17.5 Å². The molecule has 1 heterocycles. The van der Waals surface area contributed by atoms with Crippen molar-refractivity contribution in [2.24, 2.45) is 5.73 Å². The lowest BCUT2D eigenvalue weighted by molar-refractivity contribution is 0.0998. The van der Waals surface area contributed by atoms with Gasteiger partial charge in [-0.1, -0.05) is 19.1 Å². The minimum Gasteiger partial charge on any atom is -0.493 e. The smallest absolute Gasteiger partial charge is 0.261 e. The second-order valence-corrected chi connectivity index (χ2v) is 4.78. The number of carbonyl (C=O) groups is 1. The van der Waals surface area contributed by atoms with Gasteiger partial charge < -0.3 is 15.5 Å². The number of hydrogen-bond acceptors (Lipinski definition) is 3. The molecule has 0 radical (unpaired) electrons. The Morgan fingerprint density at radius 2 is 2.05 bits per heavy atom. The summed E-state index contributed by atoms with van der Waals surface area (Å²) in [5.74, 6) is -0.0305. The summed E-state index contributed by atoms with van der Waals surface area (Å²) in [6.45, 7) is 4.31. The highest BCUT2D eigenvalue weighted by molar-refractivity contribution is 5.94. The summed E-state index contributed by atoms with van der Waals surface area (Å²) < 4.78 is 5.68. The van der Waals surface area contributed by atoms with Gasteiger partial charge in [-0.2, -0.15) is 0 Å². The van der Waals surface area contributed by atoms with Gasteiger partial charge in [0.1, 0.15) is 11.3 Å². The summed E-state index contributed by atoms with van der Waals surface area (Å²) in [5, 5.41) is 0. The maximum Gasteiger partial charge on any atom is 0.261 e. The molecule has 0 unspecified atom stereocenters. The molecule has 21 heavy (non-hydrogen) atoms. The molecule has 1 aromatic heterocycles. The van der Waals surface area contributed by atoms with Crippen LogP contribution in [0.5, 0.6) is 5.75 Å². The van der Waals surface area contributed by atoms with E-state index in [-0.39, 0.29) is 5.56 Å². The van der Waals surface area contributed by atoms with Gasteiger partial charge in [0.25, 0.3) is 11.5 Å². The van der Waals surface area contributed by atoms with Crippen LogP contribution < -0.4 is 16.0 Å². The number of carbonyl (C=O) groups excluding carboxylic acids is 1. The first kappa shape index (κ1) is 14.8. The molecule has 0 aliphatic rings. The number of amides is 1.